The molecular weight excluding hydrogens is 250 g/mol. The predicted octanol–water partition coefficient (Wildman–Crippen LogP) is 2.37. The fourth-order valence-corrected chi connectivity index (χ4v) is 2.25. The van der Waals surface area contributed by atoms with Crippen LogP contribution in [0.4, 0.5) is 0 Å². The summed E-state index contributed by atoms with van der Waals surface area (Å²) in [7, 11) is 0. The predicted molar refractivity (Wildman–Crippen MR) is 74.9 cm³/mol. The number of aliphatic hydroxyl groups is 1. The molecule has 2 N–H and O–H groups in total. The standard InChI is InChI=1S/C13H24ClN3O/c1-4-11-13(14)12(17(5-2)16-11)9-15-8-6-7-10(3)18/h10,15,18H,4-9H2,1-3H3. The van der Waals surface area contributed by atoms with Gasteiger partial charge in [0.1, 0.15) is 0 Å². The molecule has 0 bridgehead atoms. The maximum atomic E-state index is 9.17. The number of nitrogens with zero attached hydrogens (tertiary/aromatic N) is 2. The molecule has 1 aromatic heterocycles. The van der Waals surface area contributed by atoms with E-state index in [-0.39, 0.29) is 6.10 Å². The summed E-state index contributed by atoms with van der Waals surface area (Å²) in [6.07, 6.45) is 2.44. The minimum absolute atomic E-state index is 0.219. The van der Waals surface area contributed by atoms with Crippen LogP contribution in [0.5, 0.6) is 0 Å². The van der Waals surface area contributed by atoms with Crippen molar-refractivity contribution in [2.75, 3.05) is 6.54 Å². The van der Waals surface area contributed by atoms with Gasteiger partial charge in [-0.15, -0.1) is 0 Å². The smallest absolute Gasteiger partial charge is 0.0863 e. The van der Waals surface area contributed by atoms with Crippen molar-refractivity contribution in [3.8, 4) is 0 Å². The highest BCUT2D eigenvalue weighted by molar-refractivity contribution is 6.31. The maximum absolute atomic E-state index is 9.17. The van der Waals surface area contributed by atoms with Gasteiger partial charge in [-0.1, -0.05) is 18.5 Å². The molecule has 0 aliphatic rings. The second-order valence-corrected chi connectivity index (χ2v) is 4.92. The van der Waals surface area contributed by atoms with Crippen LogP contribution in [0.2, 0.25) is 5.02 Å². The lowest BCUT2D eigenvalue weighted by molar-refractivity contribution is 0.181. The number of hydrogen-bond donors (Lipinski definition) is 2. The van der Waals surface area contributed by atoms with Crippen LogP contribution in [-0.2, 0) is 19.5 Å². The zero-order chi connectivity index (χ0) is 13.5. The highest BCUT2D eigenvalue weighted by Gasteiger charge is 2.13. The molecule has 104 valence electrons. The number of aryl methyl sites for hydroxylation is 2. The van der Waals surface area contributed by atoms with Gasteiger partial charge in [0.25, 0.3) is 0 Å². The van der Waals surface area contributed by atoms with Gasteiger partial charge >= 0.3 is 0 Å². The van der Waals surface area contributed by atoms with E-state index in [9.17, 15) is 0 Å². The molecule has 18 heavy (non-hydrogen) atoms. The first-order chi connectivity index (χ1) is 8.60. The van der Waals surface area contributed by atoms with E-state index < -0.39 is 0 Å². The molecule has 1 atom stereocenters. The summed E-state index contributed by atoms with van der Waals surface area (Å²) in [6, 6.07) is 0. The fraction of sp³-hybridized carbons (Fsp3) is 0.769. The van der Waals surface area contributed by atoms with Gasteiger partial charge in [0.15, 0.2) is 0 Å². The van der Waals surface area contributed by atoms with Crippen LogP contribution in [-0.4, -0.2) is 27.5 Å². The van der Waals surface area contributed by atoms with Gasteiger partial charge in [0.2, 0.25) is 0 Å². The van der Waals surface area contributed by atoms with E-state index in [2.05, 4.69) is 24.3 Å². The molecule has 5 heteroatoms. The van der Waals surface area contributed by atoms with Gasteiger partial charge in [0, 0.05) is 13.1 Å². The molecule has 0 saturated carbocycles. The number of nitrogens with one attached hydrogen (secondary N) is 1. The molecule has 1 aromatic rings. The normalized spacial score (nSPS) is 12.9. The molecule has 0 radical (unpaired) electrons. The lowest BCUT2D eigenvalue weighted by Gasteiger charge is -2.08. The molecule has 4 nitrogen and oxygen atoms in total. The Bertz CT molecular complexity index is 363. The van der Waals surface area contributed by atoms with Crippen LogP contribution in [0.1, 0.15) is 45.0 Å². The summed E-state index contributed by atoms with van der Waals surface area (Å²) in [4.78, 5) is 0. The van der Waals surface area contributed by atoms with Gasteiger partial charge in [-0.3, -0.25) is 4.68 Å². The van der Waals surface area contributed by atoms with Gasteiger partial charge in [-0.25, -0.2) is 0 Å². The number of hydrogen-bond acceptors (Lipinski definition) is 3. The van der Waals surface area contributed by atoms with Crippen molar-refractivity contribution in [2.24, 2.45) is 0 Å². The van der Waals surface area contributed by atoms with Gasteiger partial charge in [-0.05, 0) is 39.7 Å². The summed E-state index contributed by atoms with van der Waals surface area (Å²) in [5.41, 5.74) is 2.03. The molecule has 0 fully saturated rings. The van der Waals surface area contributed by atoms with Crippen molar-refractivity contribution in [3.05, 3.63) is 16.4 Å². The van der Waals surface area contributed by atoms with E-state index in [0.29, 0.717) is 0 Å². The molecule has 0 spiro atoms. The molecule has 1 rings (SSSR count). The molecule has 0 saturated heterocycles. The summed E-state index contributed by atoms with van der Waals surface area (Å²) in [5.74, 6) is 0. The Morgan fingerprint density at radius 2 is 2.17 bits per heavy atom. The van der Waals surface area contributed by atoms with E-state index in [1.807, 2.05) is 11.6 Å². The molecule has 0 aromatic carbocycles. The average molecular weight is 274 g/mol. The van der Waals surface area contributed by atoms with E-state index in [4.69, 9.17) is 16.7 Å². The minimum Gasteiger partial charge on any atom is -0.393 e. The van der Waals surface area contributed by atoms with Crippen LogP contribution in [0.25, 0.3) is 0 Å². The van der Waals surface area contributed by atoms with Crippen LogP contribution < -0.4 is 5.32 Å². The number of rotatable bonds is 8. The lowest BCUT2D eigenvalue weighted by atomic mass is 10.2. The van der Waals surface area contributed by atoms with Crippen LogP contribution >= 0.6 is 11.6 Å². The highest BCUT2D eigenvalue weighted by atomic mass is 35.5. The third kappa shape index (κ3) is 4.26. The van der Waals surface area contributed by atoms with Crippen molar-refractivity contribution >= 4 is 11.6 Å². The molecule has 0 amide bonds. The number of aromatic nitrogens is 2. The Kier molecular flexibility index (Phi) is 6.68. The maximum Gasteiger partial charge on any atom is 0.0863 e. The first-order valence-corrected chi connectivity index (χ1v) is 7.10. The van der Waals surface area contributed by atoms with Crippen LogP contribution in [0.15, 0.2) is 0 Å². The molecular formula is C13H24ClN3O. The molecule has 0 aliphatic heterocycles. The summed E-state index contributed by atoms with van der Waals surface area (Å²) in [6.45, 7) is 8.41. The molecule has 0 aliphatic carbocycles. The number of halogens is 1. The number of aliphatic hydroxyl groups excluding tert-OH is 1. The average Bonchev–Trinajstić information content (AvgIpc) is 2.65. The molecule has 1 heterocycles. The van der Waals surface area contributed by atoms with Gasteiger partial charge in [0.05, 0.1) is 22.5 Å². The van der Waals surface area contributed by atoms with Crippen LogP contribution in [0.3, 0.4) is 0 Å². The van der Waals surface area contributed by atoms with Crippen molar-refractivity contribution in [3.63, 3.8) is 0 Å². The van der Waals surface area contributed by atoms with Crippen molar-refractivity contribution in [2.45, 2.75) is 59.2 Å². The summed E-state index contributed by atoms with van der Waals surface area (Å²) in [5, 5.41) is 17.8. The monoisotopic (exact) mass is 273 g/mol. The second kappa shape index (κ2) is 7.77. The second-order valence-electron chi connectivity index (χ2n) is 4.54. The highest BCUT2D eigenvalue weighted by Crippen LogP contribution is 2.21. The zero-order valence-electron chi connectivity index (χ0n) is 11.5. The first kappa shape index (κ1) is 15.5. The molecule has 1 unspecified atom stereocenters. The Labute approximate surface area is 114 Å². The van der Waals surface area contributed by atoms with Gasteiger partial charge in [-0.2, -0.15) is 5.10 Å². The van der Waals surface area contributed by atoms with E-state index in [1.54, 1.807) is 0 Å². The topological polar surface area (TPSA) is 50.1 Å². The van der Waals surface area contributed by atoms with Crippen molar-refractivity contribution < 1.29 is 5.11 Å². The lowest BCUT2D eigenvalue weighted by Crippen LogP contribution is -2.19. The summed E-state index contributed by atoms with van der Waals surface area (Å²) >= 11 is 6.31. The van der Waals surface area contributed by atoms with Crippen LogP contribution in [0, 0.1) is 0 Å². The van der Waals surface area contributed by atoms with E-state index >= 15 is 0 Å². The minimum atomic E-state index is -0.219. The Hall–Kier alpha value is -0.580. The first-order valence-electron chi connectivity index (χ1n) is 6.72. The van der Waals surface area contributed by atoms with Gasteiger partial charge < -0.3 is 10.4 Å². The van der Waals surface area contributed by atoms with Crippen molar-refractivity contribution in [1.82, 2.24) is 15.1 Å². The third-order valence-corrected chi connectivity index (χ3v) is 3.40. The Morgan fingerprint density at radius 3 is 2.72 bits per heavy atom. The van der Waals surface area contributed by atoms with E-state index in [1.165, 1.54) is 0 Å². The summed E-state index contributed by atoms with van der Waals surface area (Å²) < 4.78 is 1.96. The zero-order valence-corrected chi connectivity index (χ0v) is 12.3. The fourth-order valence-electron chi connectivity index (χ4n) is 1.92. The quantitative estimate of drug-likeness (QED) is 0.715. The largest absolute Gasteiger partial charge is 0.393 e. The van der Waals surface area contributed by atoms with Crippen molar-refractivity contribution in [1.29, 1.82) is 0 Å². The SMILES string of the molecule is CCc1nn(CC)c(CNCCCC(C)O)c1Cl. The Balaban J connectivity index is 2.48. The third-order valence-electron chi connectivity index (χ3n) is 2.96. The van der Waals surface area contributed by atoms with E-state index in [0.717, 1.165) is 55.3 Å². The Morgan fingerprint density at radius 1 is 1.44 bits per heavy atom.